The van der Waals surface area contributed by atoms with Crippen LogP contribution in [0.3, 0.4) is 0 Å². The molecule has 27 heavy (non-hydrogen) atoms. The summed E-state index contributed by atoms with van der Waals surface area (Å²) < 4.78 is 92.8. The molecule has 0 spiro atoms. The van der Waals surface area contributed by atoms with E-state index in [9.17, 15) is 35.5 Å². The number of urea groups is 1. The molecule has 1 aromatic carbocycles. The summed E-state index contributed by atoms with van der Waals surface area (Å²) in [6, 6.07) is 2.11. The Kier molecular flexibility index (Phi) is 6.92. The molecule has 5 nitrogen and oxygen atoms in total. The predicted molar refractivity (Wildman–Crippen MR) is 82.6 cm³/mol. The predicted octanol–water partition coefficient (Wildman–Crippen LogP) is 4.99. The molecule has 152 valence electrons. The van der Waals surface area contributed by atoms with Gasteiger partial charge in [0.1, 0.15) is 11.0 Å². The third-order valence-corrected chi connectivity index (χ3v) is 3.46. The minimum atomic E-state index is -6.19. The Hall–Kier alpha value is -2.24. The fraction of sp³-hybridized carbons (Fsp3) is 0.429. The fourth-order valence-electron chi connectivity index (χ4n) is 1.52. The molecule has 1 rings (SSSR count). The molecule has 0 aliphatic rings. The summed E-state index contributed by atoms with van der Waals surface area (Å²) >= 11 is 5.42. The molecular formula is C14H13ClF7N3O2. The normalized spacial score (nSPS) is 13.5. The fourth-order valence-corrected chi connectivity index (χ4v) is 1.56. The molecule has 0 saturated carbocycles. The molecule has 0 fully saturated rings. The van der Waals surface area contributed by atoms with Crippen molar-refractivity contribution in [1.29, 1.82) is 0 Å². The molecule has 0 atom stereocenters. The second-order valence-electron chi connectivity index (χ2n) is 5.40. The average Bonchev–Trinajstić information content (AvgIpc) is 2.50. The number of carbonyl (C=O) groups is 1. The largest absolute Gasteiger partial charge is 0.461 e. The van der Waals surface area contributed by atoms with Crippen molar-refractivity contribution in [2.45, 2.75) is 31.9 Å². The zero-order chi connectivity index (χ0) is 21.0. The van der Waals surface area contributed by atoms with Crippen LogP contribution < -0.4 is 10.6 Å². The number of nitrogens with one attached hydrogen (secondary N) is 2. The van der Waals surface area contributed by atoms with Crippen molar-refractivity contribution in [1.82, 2.24) is 5.32 Å². The summed E-state index contributed by atoms with van der Waals surface area (Å²) in [4.78, 5) is 15.4. The highest BCUT2D eigenvalue weighted by Crippen LogP contribution is 2.44. The van der Waals surface area contributed by atoms with Gasteiger partial charge in [0.15, 0.2) is 0 Å². The molecule has 1 aromatic rings. The molecule has 0 saturated heterocycles. The molecule has 13 heteroatoms. The highest BCUT2D eigenvalue weighted by atomic mass is 35.5. The number of carbonyl (C=O) groups excluding carboxylic acids is 1. The number of halogens is 8. The summed E-state index contributed by atoms with van der Waals surface area (Å²) in [5.41, 5.74) is -5.87. The third-order valence-electron chi connectivity index (χ3n) is 2.96. The Morgan fingerprint density at radius 2 is 1.63 bits per heavy atom. The third kappa shape index (κ3) is 5.37. The summed E-state index contributed by atoms with van der Waals surface area (Å²) in [5.74, 6) is -1.84. The van der Waals surface area contributed by atoms with Gasteiger partial charge in [0.05, 0.1) is 5.69 Å². The molecule has 0 bridgehead atoms. The van der Waals surface area contributed by atoms with E-state index in [4.69, 9.17) is 11.6 Å². The first-order valence-corrected chi connectivity index (χ1v) is 7.47. The number of benzene rings is 1. The molecule has 0 unspecified atom stereocenters. The van der Waals surface area contributed by atoms with Crippen molar-refractivity contribution in [3.63, 3.8) is 0 Å². The van der Waals surface area contributed by atoms with Gasteiger partial charge < -0.3 is 10.2 Å². The number of hydrogen-bond donors (Lipinski definition) is 2. The summed E-state index contributed by atoms with van der Waals surface area (Å²) in [5, 5.41) is 4.09. The van der Waals surface area contributed by atoms with E-state index in [0.29, 0.717) is 5.32 Å². The first-order valence-electron chi connectivity index (χ1n) is 7.10. The van der Waals surface area contributed by atoms with Crippen LogP contribution in [0.1, 0.15) is 13.8 Å². The lowest BCUT2D eigenvalue weighted by Gasteiger charge is -2.34. The number of alkyl halides is 6. The van der Waals surface area contributed by atoms with Gasteiger partial charge in [-0.3, -0.25) is 5.32 Å². The summed E-state index contributed by atoms with van der Waals surface area (Å²) in [6.07, 6.45) is -12.4. The van der Waals surface area contributed by atoms with Crippen LogP contribution >= 0.6 is 11.6 Å². The standard InChI is InChI=1S/C14H13ClF7N3O2/c1-7(2)10(15)25-27-12(13(17,18)19,14(20,21)22)24-11(26)23-9-6-4-3-5-8(9)16/h3-7H,1-2H3,(H2,23,24,26)/b25-10-. The first kappa shape index (κ1) is 22.8. The maximum Gasteiger partial charge on any atom is 0.461 e. The highest BCUT2D eigenvalue weighted by Gasteiger charge is 2.76. The minimum absolute atomic E-state index is 0.626. The number of amides is 2. The number of para-hydroxylation sites is 1. The van der Waals surface area contributed by atoms with Gasteiger partial charge in [-0.05, 0) is 12.1 Å². The molecular weight excluding hydrogens is 411 g/mol. The monoisotopic (exact) mass is 423 g/mol. The van der Waals surface area contributed by atoms with Gasteiger partial charge in [0.25, 0.3) is 0 Å². The van der Waals surface area contributed by atoms with Gasteiger partial charge in [0, 0.05) is 5.92 Å². The van der Waals surface area contributed by atoms with Gasteiger partial charge in [-0.2, -0.15) is 26.3 Å². The van der Waals surface area contributed by atoms with Crippen LogP contribution in [0.5, 0.6) is 0 Å². The average molecular weight is 424 g/mol. The molecule has 0 heterocycles. The quantitative estimate of drug-likeness (QED) is 0.303. The molecule has 2 amide bonds. The van der Waals surface area contributed by atoms with Crippen molar-refractivity contribution >= 4 is 28.5 Å². The van der Waals surface area contributed by atoms with E-state index >= 15 is 0 Å². The number of nitrogens with zero attached hydrogens (tertiary/aromatic N) is 1. The lowest BCUT2D eigenvalue weighted by Crippen LogP contribution is -2.69. The molecule has 0 aliphatic heterocycles. The van der Waals surface area contributed by atoms with Gasteiger partial charge >= 0.3 is 24.1 Å². The number of hydrogen-bond acceptors (Lipinski definition) is 3. The molecule has 0 radical (unpaired) electrons. The maximum atomic E-state index is 13.4. The summed E-state index contributed by atoms with van der Waals surface area (Å²) in [6.45, 7) is 2.66. The lowest BCUT2D eigenvalue weighted by atomic mass is 10.2. The second-order valence-corrected chi connectivity index (χ2v) is 5.78. The van der Waals surface area contributed by atoms with E-state index in [2.05, 4.69) is 9.99 Å². The van der Waals surface area contributed by atoms with E-state index in [0.717, 1.165) is 12.1 Å². The van der Waals surface area contributed by atoms with Gasteiger partial charge in [-0.15, -0.1) is 0 Å². The smallest absolute Gasteiger partial charge is 0.346 e. The van der Waals surface area contributed by atoms with Crippen LogP contribution in [0.15, 0.2) is 29.4 Å². The Labute approximate surface area is 153 Å². The number of rotatable bonds is 5. The van der Waals surface area contributed by atoms with Gasteiger partial charge in [-0.25, -0.2) is 9.18 Å². The van der Waals surface area contributed by atoms with E-state index in [1.165, 1.54) is 31.3 Å². The van der Waals surface area contributed by atoms with Crippen molar-refractivity contribution in [3.05, 3.63) is 30.1 Å². The number of oxime groups is 1. The topological polar surface area (TPSA) is 62.7 Å². The molecule has 0 aliphatic carbocycles. The maximum absolute atomic E-state index is 13.4. The van der Waals surface area contributed by atoms with Crippen molar-refractivity contribution < 1.29 is 40.4 Å². The Bertz CT molecular complexity index is 691. The highest BCUT2D eigenvalue weighted by molar-refractivity contribution is 6.65. The Balaban J connectivity index is 3.26. The lowest BCUT2D eigenvalue weighted by molar-refractivity contribution is -0.388. The zero-order valence-electron chi connectivity index (χ0n) is 13.7. The van der Waals surface area contributed by atoms with Gasteiger partial charge in [0.2, 0.25) is 0 Å². The van der Waals surface area contributed by atoms with Crippen LogP contribution in [-0.4, -0.2) is 29.3 Å². The van der Waals surface area contributed by atoms with Crippen LogP contribution in [-0.2, 0) is 4.84 Å². The molecule has 0 aromatic heterocycles. The minimum Gasteiger partial charge on any atom is -0.346 e. The van der Waals surface area contributed by atoms with Crippen LogP contribution in [0.4, 0.5) is 41.2 Å². The van der Waals surface area contributed by atoms with Crippen LogP contribution in [0.2, 0.25) is 0 Å². The van der Waals surface area contributed by atoms with Gasteiger partial charge in [-0.1, -0.05) is 42.7 Å². The van der Waals surface area contributed by atoms with E-state index < -0.39 is 46.7 Å². The van der Waals surface area contributed by atoms with Crippen LogP contribution in [0, 0.1) is 11.7 Å². The van der Waals surface area contributed by atoms with Crippen molar-refractivity contribution in [2.24, 2.45) is 11.1 Å². The SMILES string of the molecule is CC(C)/C(Cl)=N/OC(NC(=O)Nc1ccccc1F)(C(F)(F)F)C(F)(F)F. The Morgan fingerprint density at radius 3 is 2.07 bits per heavy atom. The van der Waals surface area contributed by atoms with E-state index in [1.54, 1.807) is 0 Å². The van der Waals surface area contributed by atoms with Crippen molar-refractivity contribution in [3.8, 4) is 0 Å². The first-order chi connectivity index (χ1) is 12.2. The second kappa shape index (κ2) is 8.19. The van der Waals surface area contributed by atoms with E-state index in [-0.39, 0.29) is 0 Å². The Morgan fingerprint density at radius 1 is 1.11 bits per heavy atom. The summed E-state index contributed by atoms with van der Waals surface area (Å²) in [7, 11) is 0. The molecule has 2 N–H and O–H groups in total. The number of anilines is 1. The van der Waals surface area contributed by atoms with Crippen molar-refractivity contribution in [2.75, 3.05) is 5.32 Å². The zero-order valence-corrected chi connectivity index (χ0v) is 14.4. The van der Waals surface area contributed by atoms with Crippen LogP contribution in [0.25, 0.3) is 0 Å². The van der Waals surface area contributed by atoms with E-state index in [1.807, 2.05) is 0 Å².